The molecule has 0 bridgehead atoms. The van der Waals surface area contributed by atoms with Crippen molar-refractivity contribution in [2.75, 3.05) is 13.1 Å². The molecule has 0 radical (unpaired) electrons. The quantitative estimate of drug-likeness (QED) is 0.711. The first-order chi connectivity index (χ1) is 9.29. The van der Waals surface area contributed by atoms with Crippen LogP contribution in [0.15, 0.2) is 16.5 Å². The number of furan rings is 1. The van der Waals surface area contributed by atoms with Gasteiger partial charge in [0.25, 0.3) is 0 Å². The van der Waals surface area contributed by atoms with Gasteiger partial charge < -0.3 is 24.8 Å². The molecule has 1 heterocycles. The Hall–Kier alpha value is -2.51. The molecule has 0 aliphatic carbocycles. The summed E-state index contributed by atoms with van der Waals surface area (Å²) < 4.78 is 5.32. The Morgan fingerprint density at radius 1 is 1.25 bits per heavy atom. The lowest BCUT2D eigenvalue weighted by Crippen LogP contribution is -2.45. The number of carboxylic acid groups (broad SMARTS) is 2. The highest BCUT2D eigenvalue weighted by atomic mass is 16.4. The largest absolute Gasteiger partial charge is 0.480 e. The molecule has 1 unspecified atom stereocenters. The third kappa shape index (κ3) is 4.63. The van der Waals surface area contributed by atoms with Crippen LogP contribution in [-0.4, -0.2) is 46.2 Å². The maximum Gasteiger partial charge on any atom is 0.323 e. The average molecular weight is 284 g/mol. The molecule has 8 heteroatoms. The minimum Gasteiger partial charge on any atom is -0.480 e. The van der Waals surface area contributed by atoms with Gasteiger partial charge in [0.05, 0.1) is 6.04 Å². The van der Waals surface area contributed by atoms with Crippen molar-refractivity contribution in [3.8, 4) is 0 Å². The zero-order chi connectivity index (χ0) is 15.3. The van der Waals surface area contributed by atoms with Crippen molar-refractivity contribution in [1.29, 1.82) is 0 Å². The highest BCUT2D eigenvalue weighted by Gasteiger charge is 2.22. The maximum absolute atomic E-state index is 11.9. The summed E-state index contributed by atoms with van der Waals surface area (Å²) in [5.74, 6) is -1.40. The fourth-order valence-electron chi connectivity index (χ4n) is 1.56. The topological polar surface area (TPSA) is 120 Å². The molecular weight excluding hydrogens is 268 g/mol. The van der Waals surface area contributed by atoms with Crippen LogP contribution >= 0.6 is 0 Å². The van der Waals surface area contributed by atoms with Gasteiger partial charge in [-0.25, -0.2) is 4.79 Å². The van der Waals surface area contributed by atoms with E-state index < -0.39 is 37.1 Å². The van der Waals surface area contributed by atoms with Gasteiger partial charge in [-0.15, -0.1) is 0 Å². The number of carbonyl (C=O) groups is 3. The van der Waals surface area contributed by atoms with E-state index in [0.29, 0.717) is 16.4 Å². The van der Waals surface area contributed by atoms with E-state index >= 15 is 0 Å². The molecule has 0 aliphatic heterocycles. The summed E-state index contributed by atoms with van der Waals surface area (Å²) in [6, 6.07) is 2.13. The van der Waals surface area contributed by atoms with E-state index in [1.165, 1.54) is 0 Å². The van der Waals surface area contributed by atoms with Crippen molar-refractivity contribution < 1.29 is 29.0 Å². The molecule has 0 saturated carbocycles. The Labute approximate surface area is 115 Å². The van der Waals surface area contributed by atoms with Crippen LogP contribution in [0.25, 0.3) is 0 Å². The number of nitrogens with one attached hydrogen (secondary N) is 1. The number of hydrogen-bond donors (Lipinski definition) is 3. The van der Waals surface area contributed by atoms with E-state index in [-0.39, 0.29) is 0 Å². The van der Waals surface area contributed by atoms with Gasteiger partial charge in [-0.2, -0.15) is 0 Å². The second-order valence-electron chi connectivity index (χ2n) is 4.26. The first-order valence-electron chi connectivity index (χ1n) is 5.85. The van der Waals surface area contributed by atoms with E-state index in [2.05, 4.69) is 5.32 Å². The minimum absolute atomic E-state index is 0.499. The van der Waals surface area contributed by atoms with Gasteiger partial charge in [-0.3, -0.25) is 9.59 Å². The van der Waals surface area contributed by atoms with Crippen LogP contribution in [0.2, 0.25) is 0 Å². The number of amides is 2. The molecule has 0 aromatic carbocycles. The molecule has 2 amide bonds. The zero-order valence-electron chi connectivity index (χ0n) is 11.1. The molecule has 3 N–H and O–H groups in total. The Kier molecular flexibility index (Phi) is 5.13. The highest BCUT2D eigenvalue weighted by Crippen LogP contribution is 2.15. The Bertz CT molecular complexity index is 494. The SMILES string of the molecule is Cc1ccc(C(C)NC(=O)N(CC(=O)O)CC(=O)O)o1. The second kappa shape index (κ2) is 6.60. The number of hydrogen-bond acceptors (Lipinski definition) is 4. The maximum atomic E-state index is 11.9. The molecule has 0 fully saturated rings. The number of aryl methyl sites for hydroxylation is 1. The lowest BCUT2D eigenvalue weighted by molar-refractivity contribution is -0.140. The van der Waals surface area contributed by atoms with Crippen LogP contribution in [0.4, 0.5) is 4.79 Å². The number of urea groups is 1. The molecule has 1 atom stereocenters. The monoisotopic (exact) mass is 284 g/mol. The lowest BCUT2D eigenvalue weighted by Gasteiger charge is -2.21. The molecule has 110 valence electrons. The molecule has 1 aromatic heterocycles. The fraction of sp³-hybridized carbons (Fsp3) is 0.417. The van der Waals surface area contributed by atoms with Crippen molar-refractivity contribution in [3.63, 3.8) is 0 Å². The van der Waals surface area contributed by atoms with Crippen LogP contribution in [0.5, 0.6) is 0 Å². The fourth-order valence-corrected chi connectivity index (χ4v) is 1.56. The van der Waals surface area contributed by atoms with E-state index in [9.17, 15) is 14.4 Å². The Morgan fingerprint density at radius 3 is 2.20 bits per heavy atom. The number of carbonyl (C=O) groups excluding carboxylic acids is 1. The standard InChI is InChI=1S/C12H16N2O6/c1-7-3-4-9(20-7)8(2)13-12(19)14(5-10(15)16)6-11(17)18/h3-4,8H,5-6H2,1-2H3,(H,13,19)(H,15,16)(H,17,18). The molecule has 0 saturated heterocycles. The molecular formula is C12H16N2O6. The third-order valence-corrected chi connectivity index (χ3v) is 2.47. The molecule has 1 rings (SSSR count). The minimum atomic E-state index is -1.29. The summed E-state index contributed by atoms with van der Waals surface area (Å²) in [4.78, 5) is 33.8. The summed E-state index contributed by atoms with van der Waals surface area (Å²) in [7, 11) is 0. The predicted molar refractivity (Wildman–Crippen MR) is 67.2 cm³/mol. The van der Waals surface area contributed by atoms with Crippen molar-refractivity contribution in [1.82, 2.24) is 10.2 Å². The third-order valence-electron chi connectivity index (χ3n) is 2.47. The molecule has 20 heavy (non-hydrogen) atoms. The second-order valence-corrected chi connectivity index (χ2v) is 4.26. The van der Waals surface area contributed by atoms with Gasteiger partial charge in [0.2, 0.25) is 0 Å². The summed E-state index contributed by atoms with van der Waals surface area (Å²) >= 11 is 0. The first-order valence-corrected chi connectivity index (χ1v) is 5.85. The zero-order valence-corrected chi connectivity index (χ0v) is 11.1. The van der Waals surface area contributed by atoms with Gasteiger partial charge in [0, 0.05) is 0 Å². The normalized spacial score (nSPS) is 11.7. The summed E-state index contributed by atoms with van der Waals surface area (Å²) in [6.45, 7) is 2.01. The highest BCUT2D eigenvalue weighted by molar-refractivity contribution is 5.84. The Morgan fingerprint density at radius 2 is 1.80 bits per heavy atom. The van der Waals surface area contributed by atoms with E-state index in [0.717, 1.165) is 0 Å². The van der Waals surface area contributed by atoms with Gasteiger partial charge >= 0.3 is 18.0 Å². The summed E-state index contributed by atoms with van der Waals surface area (Å²) in [6.07, 6.45) is 0. The first kappa shape index (κ1) is 15.5. The number of aliphatic carboxylic acids is 2. The van der Waals surface area contributed by atoms with Gasteiger partial charge in [-0.1, -0.05) is 0 Å². The van der Waals surface area contributed by atoms with E-state index in [1.807, 2.05) is 0 Å². The molecule has 0 aliphatic rings. The van der Waals surface area contributed by atoms with E-state index in [4.69, 9.17) is 14.6 Å². The summed E-state index contributed by atoms with van der Waals surface area (Å²) in [5, 5.41) is 19.8. The summed E-state index contributed by atoms with van der Waals surface area (Å²) in [5.41, 5.74) is 0. The number of rotatable bonds is 6. The average Bonchev–Trinajstić information content (AvgIpc) is 2.73. The molecule has 8 nitrogen and oxygen atoms in total. The smallest absolute Gasteiger partial charge is 0.323 e. The van der Waals surface area contributed by atoms with Gasteiger partial charge in [0.15, 0.2) is 0 Å². The van der Waals surface area contributed by atoms with Crippen LogP contribution in [0, 0.1) is 6.92 Å². The van der Waals surface area contributed by atoms with Crippen LogP contribution < -0.4 is 5.32 Å². The van der Waals surface area contributed by atoms with Crippen molar-refractivity contribution >= 4 is 18.0 Å². The van der Waals surface area contributed by atoms with Crippen molar-refractivity contribution in [3.05, 3.63) is 23.7 Å². The number of carboxylic acids is 2. The van der Waals surface area contributed by atoms with Crippen LogP contribution in [-0.2, 0) is 9.59 Å². The van der Waals surface area contributed by atoms with Crippen molar-refractivity contribution in [2.24, 2.45) is 0 Å². The van der Waals surface area contributed by atoms with Crippen LogP contribution in [0.1, 0.15) is 24.5 Å². The van der Waals surface area contributed by atoms with Gasteiger partial charge in [-0.05, 0) is 26.0 Å². The van der Waals surface area contributed by atoms with E-state index in [1.54, 1.807) is 26.0 Å². The van der Waals surface area contributed by atoms with Gasteiger partial charge in [0.1, 0.15) is 24.6 Å². The van der Waals surface area contributed by atoms with Crippen LogP contribution in [0.3, 0.4) is 0 Å². The molecule has 1 aromatic rings. The predicted octanol–water partition coefficient (Wildman–Crippen LogP) is 0.830. The molecule has 0 spiro atoms. The Balaban J connectivity index is 2.69. The van der Waals surface area contributed by atoms with Crippen molar-refractivity contribution in [2.45, 2.75) is 19.9 Å². The lowest BCUT2D eigenvalue weighted by atomic mass is 10.2. The number of nitrogens with zero attached hydrogens (tertiary/aromatic N) is 1.